The Balaban J connectivity index is 1.43. The van der Waals surface area contributed by atoms with Gasteiger partial charge in [0.05, 0.1) is 16.9 Å². The summed E-state index contributed by atoms with van der Waals surface area (Å²) in [5.74, 6) is 0.618. The summed E-state index contributed by atoms with van der Waals surface area (Å²) < 4.78 is 0. The zero-order valence-electron chi connectivity index (χ0n) is 24.6. The predicted octanol–water partition coefficient (Wildman–Crippen LogP) is 11.3. The van der Waals surface area contributed by atoms with Crippen molar-refractivity contribution in [2.45, 2.75) is 0 Å². The van der Waals surface area contributed by atoms with Crippen LogP contribution in [-0.4, -0.2) is 9.97 Å². The van der Waals surface area contributed by atoms with Gasteiger partial charge < -0.3 is 0 Å². The van der Waals surface area contributed by atoms with Gasteiger partial charge in [-0.05, 0) is 57.8 Å². The lowest BCUT2D eigenvalue weighted by atomic mass is 9.96. The highest BCUT2D eigenvalue weighted by molar-refractivity contribution is 5.97. The van der Waals surface area contributed by atoms with E-state index in [4.69, 9.17) is 9.97 Å². The summed E-state index contributed by atoms with van der Waals surface area (Å²) >= 11 is 0. The Labute approximate surface area is 262 Å². The molecule has 0 fully saturated rings. The van der Waals surface area contributed by atoms with Gasteiger partial charge in [-0.15, -0.1) is 0 Å². The molecule has 0 aliphatic heterocycles. The zero-order chi connectivity index (χ0) is 30.0. The number of hydrogen-bond acceptors (Lipinski definition) is 3. The van der Waals surface area contributed by atoms with Crippen LogP contribution in [-0.2, 0) is 0 Å². The van der Waals surface area contributed by atoms with Crippen molar-refractivity contribution in [1.29, 1.82) is 0 Å². The van der Waals surface area contributed by atoms with E-state index in [0.717, 1.165) is 55.6 Å². The first-order valence-corrected chi connectivity index (χ1v) is 15.2. The van der Waals surface area contributed by atoms with E-state index >= 15 is 0 Å². The van der Waals surface area contributed by atoms with Crippen molar-refractivity contribution < 1.29 is 0 Å². The molecule has 0 amide bonds. The van der Waals surface area contributed by atoms with Gasteiger partial charge in [-0.2, -0.15) is 0 Å². The van der Waals surface area contributed by atoms with E-state index < -0.39 is 0 Å². The molecule has 3 heteroatoms. The minimum atomic E-state index is 0.618. The highest BCUT2D eigenvalue weighted by atomic mass is 15.3. The third-order valence-corrected chi connectivity index (χ3v) is 8.26. The second-order valence-electron chi connectivity index (χ2n) is 11.1. The van der Waals surface area contributed by atoms with Crippen molar-refractivity contribution in [3.8, 4) is 33.5 Å². The lowest BCUT2D eigenvalue weighted by molar-refractivity contribution is 1.11. The number of benzene rings is 7. The number of hydrogen-bond donors (Lipinski definition) is 0. The number of rotatable bonds is 6. The molecule has 1 heterocycles. The van der Waals surface area contributed by atoms with Gasteiger partial charge in [-0.1, -0.05) is 146 Å². The van der Waals surface area contributed by atoms with E-state index in [1.807, 2.05) is 12.1 Å². The van der Waals surface area contributed by atoms with Crippen LogP contribution in [0.5, 0.6) is 0 Å². The topological polar surface area (TPSA) is 29.0 Å². The highest BCUT2D eigenvalue weighted by Gasteiger charge is 2.22. The van der Waals surface area contributed by atoms with Crippen molar-refractivity contribution in [3.05, 3.63) is 176 Å². The normalized spacial score (nSPS) is 11.1. The molecule has 1 aromatic heterocycles. The molecule has 8 aromatic rings. The van der Waals surface area contributed by atoms with E-state index in [2.05, 4.69) is 169 Å². The molecule has 0 bridgehead atoms. The third kappa shape index (κ3) is 5.11. The molecule has 0 aliphatic rings. The molecule has 3 nitrogen and oxygen atoms in total. The van der Waals surface area contributed by atoms with Crippen LogP contribution in [0.3, 0.4) is 0 Å². The number of para-hydroxylation sites is 1. The Morgan fingerprint density at radius 1 is 0.400 bits per heavy atom. The summed E-state index contributed by atoms with van der Waals surface area (Å²) in [7, 11) is 0. The van der Waals surface area contributed by atoms with Crippen LogP contribution in [0.15, 0.2) is 176 Å². The molecule has 0 spiro atoms. The first-order chi connectivity index (χ1) is 22.3. The van der Waals surface area contributed by atoms with E-state index in [1.54, 1.807) is 0 Å². The van der Waals surface area contributed by atoms with Crippen molar-refractivity contribution in [2.24, 2.45) is 0 Å². The van der Waals surface area contributed by atoms with Crippen LogP contribution in [0.1, 0.15) is 0 Å². The maximum atomic E-state index is 5.33. The lowest BCUT2D eigenvalue weighted by Gasteiger charge is -2.27. The maximum Gasteiger partial charge on any atom is 0.235 e. The number of nitrogens with zero attached hydrogens (tertiary/aromatic N) is 3. The fourth-order valence-electron chi connectivity index (χ4n) is 6.05. The Kier molecular flexibility index (Phi) is 6.82. The van der Waals surface area contributed by atoms with Crippen LogP contribution in [0, 0.1) is 0 Å². The standard InChI is InChI=1S/C42H29N3/c1-4-14-30(15-5-1)35-25-27-40(38(29-35)32-17-6-2-7-18-32)45(36-26-24-31-16-10-11-21-34(31)28-36)42-43-39-23-13-12-22-37(39)41(44-42)33-19-8-3-9-20-33/h1-29H. The summed E-state index contributed by atoms with van der Waals surface area (Å²) in [6.07, 6.45) is 0. The molecule has 0 unspecified atom stereocenters. The largest absolute Gasteiger partial charge is 0.278 e. The van der Waals surface area contributed by atoms with E-state index in [0.29, 0.717) is 5.95 Å². The fraction of sp³-hybridized carbons (Fsp3) is 0. The Hall–Kier alpha value is -6.06. The SMILES string of the molecule is c1ccc(-c2ccc(N(c3ccc4ccccc4c3)c3nc(-c4ccccc4)c4ccccc4n3)c(-c3ccccc3)c2)cc1. The van der Waals surface area contributed by atoms with Gasteiger partial charge in [0.1, 0.15) is 0 Å². The van der Waals surface area contributed by atoms with Crippen molar-refractivity contribution >= 4 is 39.0 Å². The van der Waals surface area contributed by atoms with Crippen LogP contribution >= 0.6 is 0 Å². The van der Waals surface area contributed by atoms with Gasteiger partial charge in [0, 0.05) is 22.2 Å². The van der Waals surface area contributed by atoms with Crippen LogP contribution in [0.2, 0.25) is 0 Å². The van der Waals surface area contributed by atoms with E-state index in [9.17, 15) is 0 Å². The van der Waals surface area contributed by atoms with Crippen LogP contribution < -0.4 is 4.90 Å². The molecule has 0 N–H and O–H groups in total. The van der Waals surface area contributed by atoms with Gasteiger partial charge in [-0.3, -0.25) is 4.90 Å². The molecule has 0 saturated carbocycles. The van der Waals surface area contributed by atoms with Crippen molar-refractivity contribution in [2.75, 3.05) is 4.90 Å². The quantitative estimate of drug-likeness (QED) is 0.197. The molecule has 0 saturated heterocycles. The monoisotopic (exact) mass is 575 g/mol. The third-order valence-electron chi connectivity index (χ3n) is 8.26. The van der Waals surface area contributed by atoms with Gasteiger partial charge in [0.2, 0.25) is 5.95 Å². The zero-order valence-corrected chi connectivity index (χ0v) is 24.6. The van der Waals surface area contributed by atoms with E-state index in [1.165, 1.54) is 10.9 Å². The molecule has 45 heavy (non-hydrogen) atoms. The second kappa shape index (κ2) is 11.6. The molecule has 212 valence electrons. The van der Waals surface area contributed by atoms with Gasteiger partial charge in [0.15, 0.2) is 0 Å². The first kappa shape index (κ1) is 26.6. The van der Waals surface area contributed by atoms with Crippen molar-refractivity contribution in [1.82, 2.24) is 9.97 Å². The van der Waals surface area contributed by atoms with E-state index in [-0.39, 0.29) is 0 Å². The molecular formula is C42H29N3. The first-order valence-electron chi connectivity index (χ1n) is 15.2. The summed E-state index contributed by atoms with van der Waals surface area (Å²) in [5.41, 5.74) is 9.41. The maximum absolute atomic E-state index is 5.33. The summed E-state index contributed by atoms with van der Waals surface area (Å²) in [6.45, 7) is 0. The number of anilines is 3. The van der Waals surface area contributed by atoms with Crippen LogP contribution in [0.25, 0.3) is 55.2 Å². The predicted molar refractivity (Wildman–Crippen MR) is 188 cm³/mol. The lowest BCUT2D eigenvalue weighted by Crippen LogP contribution is -2.15. The Morgan fingerprint density at radius 3 is 1.78 bits per heavy atom. The number of fused-ring (bicyclic) bond motifs is 2. The molecule has 7 aromatic carbocycles. The second-order valence-corrected chi connectivity index (χ2v) is 11.1. The minimum absolute atomic E-state index is 0.618. The fourth-order valence-corrected chi connectivity index (χ4v) is 6.05. The molecule has 0 atom stereocenters. The average Bonchev–Trinajstić information content (AvgIpc) is 3.12. The molecular weight excluding hydrogens is 546 g/mol. The number of aromatic nitrogens is 2. The van der Waals surface area contributed by atoms with Gasteiger partial charge in [0.25, 0.3) is 0 Å². The van der Waals surface area contributed by atoms with Gasteiger partial charge in [-0.25, -0.2) is 9.97 Å². The van der Waals surface area contributed by atoms with Gasteiger partial charge >= 0.3 is 0 Å². The average molecular weight is 576 g/mol. The van der Waals surface area contributed by atoms with Crippen molar-refractivity contribution in [3.63, 3.8) is 0 Å². The summed E-state index contributed by atoms with van der Waals surface area (Å²) in [5, 5.41) is 3.37. The molecule has 0 radical (unpaired) electrons. The molecule has 8 rings (SSSR count). The highest BCUT2D eigenvalue weighted by Crippen LogP contribution is 2.43. The summed E-state index contributed by atoms with van der Waals surface area (Å²) in [4.78, 5) is 12.8. The Morgan fingerprint density at radius 2 is 1.02 bits per heavy atom. The van der Waals surface area contributed by atoms with Crippen LogP contribution in [0.4, 0.5) is 17.3 Å². The smallest absolute Gasteiger partial charge is 0.235 e. The Bertz CT molecular complexity index is 2260. The molecule has 0 aliphatic carbocycles. The summed E-state index contributed by atoms with van der Waals surface area (Å²) in [6, 6.07) is 61.5. The minimum Gasteiger partial charge on any atom is -0.278 e.